The molecule has 2 aromatic carbocycles. The predicted molar refractivity (Wildman–Crippen MR) is 104 cm³/mol. The van der Waals surface area contributed by atoms with Crippen LogP contribution in [0.5, 0.6) is 11.5 Å². The highest BCUT2D eigenvalue weighted by atomic mass is 35.5. The number of amides is 1. The van der Waals surface area contributed by atoms with Crippen molar-refractivity contribution in [2.45, 2.75) is 0 Å². The highest BCUT2D eigenvalue weighted by Gasteiger charge is 2.13. The van der Waals surface area contributed by atoms with Crippen LogP contribution < -0.4 is 20.1 Å². The average molecular weight is 385 g/mol. The van der Waals surface area contributed by atoms with Gasteiger partial charge >= 0.3 is 0 Å². The molecule has 138 valence electrons. The number of aromatic nitrogens is 2. The zero-order valence-electron chi connectivity index (χ0n) is 14.7. The summed E-state index contributed by atoms with van der Waals surface area (Å²) in [6.45, 7) is 0. The molecule has 0 spiro atoms. The number of rotatable bonds is 6. The quantitative estimate of drug-likeness (QED) is 0.664. The van der Waals surface area contributed by atoms with Crippen LogP contribution in [0.1, 0.15) is 10.5 Å². The van der Waals surface area contributed by atoms with Crippen LogP contribution >= 0.6 is 11.6 Å². The van der Waals surface area contributed by atoms with Gasteiger partial charge in [0.25, 0.3) is 5.91 Å². The molecule has 27 heavy (non-hydrogen) atoms. The van der Waals surface area contributed by atoms with E-state index in [4.69, 9.17) is 21.1 Å². The van der Waals surface area contributed by atoms with E-state index in [2.05, 4.69) is 20.6 Å². The topological polar surface area (TPSA) is 85.4 Å². The maximum absolute atomic E-state index is 12.4. The van der Waals surface area contributed by atoms with Crippen molar-refractivity contribution >= 4 is 34.7 Å². The Morgan fingerprint density at radius 1 is 1.00 bits per heavy atom. The van der Waals surface area contributed by atoms with E-state index in [0.29, 0.717) is 33.7 Å². The third kappa shape index (κ3) is 4.45. The third-order valence-corrected chi connectivity index (χ3v) is 3.96. The maximum atomic E-state index is 12.4. The lowest BCUT2D eigenvalue weighted by atomic mass is 10.2. The highest BCUT2D eigenvalue weighted by Crippen LogP contribution is 2.37. The number of anilines is 3. The molecule has 0 aliphatic carbocycles. The van der Waals surface area contributed by atoms with Gasteiger partial charge < -0.3 is 20.1 Å². The second-order valence-corrected chi connectivity index (χ2v) is 5.83. The molecule has 0 fully saturated rings. The Kier molecular flexibility index (Phi) is 5.73. The fraction of sp³-hybridized carbons (Fsp3) is 0.105. The fourth-order valence-electron chi connectivity index (χ4n) is 2.36. The normalized spacial score (nSPS) is 10.2. The van der Waals surface area contributed by atoms with E-state index in [9.17, 15) is 4.79 Å². The van der Waals surface area contributed by atoms with Crippen LogP contribution in [0, 0.1) is 0 Å². The minimum Gasteiger partial charge on any atom is -0.495 e. The first-order chi connectivity index (χ1) is 13.1. The van der Waals surface area contributed by atoms with Gasteiger partial charge in [0, 0.05) is 23.9 Å². The van der Waals surface area contributed by atoms with E-state index in [0.717, 1.165) is 0 Å². The molecule has 0 atom stereocenters. The molecule has 0 aliphatic heterocycles. The summed E-state index contributed by atoms with van der Waals surface area (Å²) in [5, 5.41) is 6.29. The molecule has 8 heteroatoms. The molecule has 3 rings (SSSR count). The smallest absolute Gasteiger partial charge is 0.274 e. The number of hydrogen-bond acceptors (Lipinski definition) is 6. The molecule has 0 bridgehead atoms. The minimum atomic E-state index is -0.340. The van der Waals surface area contributed by atoms with Crippen LogP contribution in [0.15, 0.2) is 54.9 Å². The van der Waals surface area contributed by atoms with Crippen LogP contribution in [-0.2, 0) is 0 Å². The summed E-state index contributed by atoms with van der Waals surface area (Å²) in [4.78, 5) is 20.6. The number of nitrogens with zero attached hydrogens (tertiary/aromatic N) is 2. The maximum Gasteiger partial charge on any atom is 0.274 e. The second kappa shape index (κ2) is 8.37. The van der Waals surface area contributed by atoms with Gasteiger partial charge in [-0.15, -0.1) is 0 Å². The SMILES string of the molecule is COc1cc(Nc2cc(C(=O)Nc3ccccc3)ncn2)c(OC)cc1Cl. The summed E-state index contributed by atoms with van der Waals surface area (Å²) in [6, 6.07) is 14.0. The van der Waals surface area contributed by atoms with Crippen molar-refractivity contribution < 1.29 is 14.3 Å². The van der Waals surface area contributed by atoms with Gasteiger partial charge in [-0.2, -0.15) is 0 Å². The monoisotopic (exact) mass is 384 g/mol. The van der Waals surface area contributed by atoms with Crippen LogP contribution in [0.4, 0.5) is 17.2 Å². The number of halogens is 1. The number of hydrogen-bond donors (Lipinski definition) is 2. The molecular formula is C19H17ClN4O3. The van der Waals surface area contributed by atoms with Crippen LogP contribution in [0.2, 0.25) is 5.02 Å². The van der Waals surface area contributed by atoms with Gasteiger partial charge in [0.2, 0.25) is 0 Å². The van der Waals surface area contributed by atoms with Crippen molar-refractivity contribution in [3.8, 4) is 11.5 Å². The van der Waals surface area contributed by atoms with E-state index in [1.165, 1.54) is 20.5 Å². The van der Waals surface area contributed by atoms with E-state index in [1.807, 2.05) is 18.2 Å². The fourth-order valence-corrected chi connectivity index (χ4v) is 2.59. The number of methoxy groups -OCH3 is 2. The summed E-state index contributed by atoms with van der Waals surface area (Å²) in [5.74, 6) is 1.07. The van der Waals surface area contributed by atoms with Crippen molar-refractivity contribution in [3.63, 3.8) is 0 Å². The van der Waals surface area contributed by atoms with E-state index >= 15 is 0 Å². The third-order valence-electron chi connectivity index (χ3n) is 3.67. The number of carbonyl (C=O) groups excluding carboxylic acids is 1. The van der Waals surface area contributed by atoms with Gasteiger partial charge in [-0.3, -0.25) is 4.79 Å². The molecule has 7 nitrogen and oxygen atoms in total. The van der Waals surface area contributed by atoms with Crippen LogP contribution in [-0.4, -0.2) is 30.1 Å². The number of para-hydroxylation sites is 1. The minimum absolute atomic E-state index is 0.219. The molecule has 0 saturated carbocycles. The largest absolute Gasteiger partial charge is 0.495 e. The summed E-state index contributed by atoms with van der Waals surface area (Å²) < 4.78 is 10.6. The zero-order valence-corrected chi connectivity index (χ0v) is 15.4. The zero-order chi connectivity index (χ0) is 19.2. The van der Waals surface area contributed by atoms with Gasteiger partial charge in [0.1, 0.15) is 29.3 Å². The first-order valence-corrected chi connectivity index (χ1v) is 8.35. The van der Waals surface area contributed by atoms with Gasteiger partial charge in [0.05, 0.1) is 24.9 Å². The Morgan fingerprint density at radius 2 is 1.74 bits per heavy atom. The number of benzene rings is 2. The lowest BCUT2D eigenvalue weighted by Crippen LogP contribution is -2.14. The van der Waals surface area contributed by atoms with Gasteiger partial charge in [-0.1, -0.05) is 29.8 Å². The Hall–Kier alpha value is -3.32. The van der Waals surface area contributed by atoms with Crippen molar-refractivity contribution in [1.82, 2.24) is 9.97 Å². The van der Waals surface area contributed by atoms with E-state index < -0.39 is 0 Å². The highest BCUT2D eigenvalue weighted by molar-refractivity contribution is 6.32. The summed E-state index contributed by atoms with van der Waals surface area (Å²) in [7, 11) is 3.05. The Morgan fingerprint density at radius 3 is 2.44 bits per heavy atom. The van der Waals surface area contributed by atoms with E-state index in [-0.39, 0.29) is 11.6 Å². The molecule has 0 aliphatic rings. The molecule has 0 unspecified atom stereocenters. The number of carbonyl (C=O) groups is 1. The molecule has 0 saturated heterocycles. The molecular weight excluding hydrogens is 368 g/mol. The Bertz CT molecular complexity index is 951. The summed E-state index contributed by atoms with van der Waals surface area (Å²) in [5.41, 5.74) is 1.49. The van der Waals surface area contributed by atoms with Crippen molar-refractivity contribution in [1.29, 1.82) is 0 Å². The van der Waals surface area contributed by atoms with Crippen molar-refractivity contribution in [2.75, 3.05) is 24.9 Å². The van der Waals surface area contributed by atoms with Gasteiger partial charge in [-0.25, -0.2) is 9.97 Å². The average Bonchev–Trinajstić information content (AvgIpc) is 2.70. The molecule has 1 aromatic heterocycles. The molecule has 1 heterocycles. The lowest BCUT2D eigenvalue weighted by Gasteiger charge is -2.13. The predicted octanol–water partition coefficient (Wildman–Crippen LogP) is 4.14. The molecule has 3 aromatic rings. The number of nitrogens with one attached hydrogen (secondary N) is 2. The standard InChI is InChI=1S/C19H17ClN4O3/c1-26-16-9-14(17(27-2)8-13(16)20)24-18-10-15(21-11-22-18)19(25)23-12-6-4-3-5-7-12/h3-11H,1-2H3,(H,23,25)(H,21,22,24). The second-order valence-electron chi connectivity index (χ2n) is 5.42. The Labute approximate surface area is 161 Å². The number of ether oxygens (including phenoxy) is 2. The first-order valence-electron chi connectivity index (χ1n) is 7.97. The van der Waals surface area contributed by atoms with Gasteiger partial charge in [0.15, 0.2) is 0 Å². The van der Waals surface area contributed by atoms with Crippen molar-refractivity contribution in [2.24, 2.45) is 0 Å². The molecule has 1 amide bonds. The van der Waals surface area contributed by atoms with E-state index in [1.54, 1.807) is 30.3 Å². The summed E-state index contributed by atoms with van der Waals surface area (Å²) in [6.07, 6.45) is 1.31. The first kappa shape index (κ1) is 18.5. The summed E-state index contributed by atoms with van der Waals surface area (Å²) >= 11 is 6.12. The van der Waals surface area contributed by atoms with Gasteiger partial charge in [-0.05, 0) is 12.1 Å². The van der Waals surface area contributed by atoms with Crippen molar-refractivity contribution in [3.05, 3.63) is 65.6 Å². The Balaban J connectivity index is 1.83. The van der Waals surface area contributed by atoms with Crippen LogP contribution in [0.25, 0.3) is 0 Å². The molecule has 2 N–H and O–H groups in total. The lowest BCUT2D eigenvalue weighted by molar-refractivity contribution is 0.102. The molecule has 0 radical (unpaired) electrons. The van der Waals surface area contributed by atoms with Crippen LogP contribution in [0.3, 0.4) is 0 Å².